The summed E-state index contributed by atoms with van der Waals surface area (Å²) in [5.74, 6) is 0.134. The van der Waals surface area contributed by atoms with E-state index in [9.17, 15) is 14.0 Å². The van der Waals surface area contributed by atoms with E-state index in [1.807, 2.05) is 18.7 Å². The number of carbonyl (C=O) groups is 2. The number of hydrogen-bond donors (Lipinski definition) is 2. The number of allylic oxidation sites excluding steroid dienone is 2. The van der Waals surface area contributed by atoms with Crippen LogP contribution in [-0.4, -0.2) is 64.9 Å². The van der Waals surface area contributed by atoms with Crippen LogP contribution in [0.25, 0.3) is 0 Å². The molecule has 0 radical (unpaired) electrons. The SMILES string of the molecule is CC1=C(C)N2C(=NC3C2C(=O)NC(=O)N3C)N1CCCNc1ccc(F)cc1. The molecule has 4 rings (SSSR count). The van der Waals surface area contributed by atoms with Crippen molar-refractivity contribution in [2.24, 2.45) is 4.99 Å². The molecule has 0 bridgehead atoms. The quantitative estimate of drug-likeness (QED) is 0.754. The molecule has 0 spiro atoms. The first kappa shape index (κ1) is 18.3. The summed E-state index contributed by atoms with van der Waals surface area (Å²) in [6.07, 6.45) is 0.310. The Morgan fingerprint density at radius 3 is 2.61 bits per heavy atom. The van der Waals surface area contributed by atoms with E-state index in [1.165, 1.54) is 17.0 Å². The molecule has 1 aromatic rings. The van der Waals surface area contributed by atoms with Crippen molar-refractivity contribution in [3.8, 4) is 0 Å². The summed E-state index contributed by atoms with van der Waals surface area (Å²) in [6.45, 7) is 5.40. The van der Waals surface area contributed by atoms with Crippen LogP contribution in [0.2, 0.25) is 0 Å². The Balaban J connectivity index is 1.44. The van der Waals surface area contributed by atoms with Crippen LogP contribution in [0.4, 0.5) is 14.9 Å². The van der Waals surface area contributed by atoms with Gasteiger partial charge in [0.25, 0.3) is 5.91 Å². The third-order valence-corrected chi connectivity index (χ3v) is 5.50. The van der Waals surface area contributed by atoms with Crippen molar-refractivity contribution in [2.45, 2.75) is 32.5 Å². The van der Waals surface area contributed by atoms with Crippen LogP contribution in [0, 0.1) is 5.82 Å². The molecule has 9 heteroatoms. The molecule has 0 aromatic heterocycles. The molecular weight excluding hydrogens is 363 g/mol. The number of halogens is 1. The molecule has 3 amide bonds. The second-order valence-corrected chi connectivity index (χ2v) is 7.17. The van der Waals surface area contributed by atoms with Crippen molar-refractivity contribution >= 4 is 23.6 Å². The molecule has 8 nitrogen and oxygen atoms in total. The van der Waals surface area contributed by atoms with Gasteiger partial charge in [0.1, 0.15) is 5.82 Å². The van der Waals surface area contributed by atoms with Gasteiger partial charge in [-0.3, -0.25) is 15.0 Å². The lowest BCUT2D eigenvalue weighted by molar-refractivity contribution is -0.126. The van der Waals surface area contributed by atoms with Crippen LogP contribution in [0.5, 0.6) is 0 Å². The maximum atomic E-state index is 13.0. The number of fused-ring (bicyclic) bond motifs is 3. The van der Waals surface area contributed by atoms with Gasteiger partial charge in [0.15, 0.2) is 12.2 Å². The summed E-state index contributed by atoms with van der Waals surface area (Å²) in [5, 5.41) is 5.66. The fourth-order valence-corrected chi connectivity index (χ4v) is 3.83. The second kappa shape index (κ2) is 6.81. The van der Waals surface area contributed by atoms with Gasteiger partial charge in [0.2, 0.25) is 5.96 Å². The van der Waals surface area contributed by atoms with Gasteiger partial charge >= 0.3 is 6.03 Å². The number of anilines is 1. The molecule has 2 unspecified atom stereocenters. The highest BCUT2D eigenvalue weighted by Crippen LogP contribution is 2.36. The molecule has 3 aliphatic heterocycles. The summed E-state index contributed by atoms with van der Waals surface area (Å²) >= 11 is 0. The van der Waals surface area contributed by atoms with Crippen LogP contribution in [-0.2, 0) is 4.79 Å². The number of carbonyl (C=O) groups excluding carboxylic acids is 2. The number of benzene rings is 1. The Morgan fingerprint density at radius 2 is 1.89 bits per heavy atom. The van der Waals surface area contributed by atoms with Gasteiger partial charge in [-0.1, -0.05) is 0 Å². The number of urea groups is 1. The van der Waals surface area contributed by atoms with Crippen molar-refractivity contribution in [1.29, 1.82) is 0 Å². The molecule has 28 heavy (non-hydrogen) atoms. The predicted octanol–water partition coefficient (Wildman–Crippen LogP) is 1.74. The van der Waals surface area contributed by atoms with Gasteiger partial charge in [0.05, 0.1) is 0 Å². The highest BCUT2D eigenvalue weighted by Gasteiger charge is 2.52. The highest BCUT2D eigenvalue weighted by atomic mass is 19.1. The second-order valence-electron chi connectivity index (χ2n) is 7.17. The number of guanidine groups is 1. The zero-order valence-corrected chi connectivity index (χ0v) is 16.1. The molecule has 1 saturated heterocycles. The van der Waals surface area contributed by atoms with E-state index in [2.05, 4.69) is 15.5 Å². The van der Waals surface area contributed by atoms with Gasteiger partial charge < -0.3 is 15.1 Å². The standard InChI is InChI=1S/C19H23FN6O2/c1-11-12(2)26-15-16(24(3)19(28)23-17(15)27)22-18(26)25(11)10-4-9-21-14-7-5-13(20)6-8-14/h5-8,15-16,21H,4,9-10H2,1-3H3,(H,23,27,28). The first-order valence-corrected chi connectivity index (χ1v) is 9.27. The first-order chi connectivity index (χ1) is 13.4. The largest absolute Gasteiger partial charge is 0.385 e. The molecule has 2 N–H and O–H groups in total. The van der Waals surface area contributed by atoms with E-state index in [1.54, 1.807) is 19.2 Å². The number of aliphatic imine (C=N–C) groups is 1. The summed E-state index contributed by atoms with van der Waals surface area (Å²) in [5.41, 5.74) is 2.89. The molecule has 3 aliphatic rings. The monoisotopic (exact) mass is 386 g/mol. The predicted molar refractivity (Wildman–Crippen MR) is 103 cm³/mol. The summed E-state index contributed by atoms with van der Waals surface area (Å²) in [6, 6.07) is 5.31. The van der Waals surface area contributed by atoms with E-state index in [4.69, 9.17) is 4.99 Å². The summed E-state index contributed by atoms with van der Waals surface area (Å²) < 4.78 is 13.0. The minimum atomic E-state index is -0.532. The number of amides is 3. The van der Waals surface area contributed by atoms with Crippen molar-refractivity contribution in [3.05, 3.63) is 41.5 Å². The van der Waals surface area contributed by atoms with Crippen molar-refractivity contribution in [1.82, 2.24) is 20.0 Å². The minimum Gasteiger partial charge on any atom is -0.385 e. The number of nitrogens with one attached hydrogen (secondary N) is 2. The summed E-state index contributed by atoms with van der Waals surface area (Å²) in [4.78, 5) is 34.5. The zero-order valence-electron chi connectivity index (χ0n) is 16.1. The Labute approximate surface area is 162 Å². The molecule has 2 atom stereocenters. The molecule has 148 valence electrons. The van der Waals surface area contributed by atoms with Crippen LogP contribution in [0.15, 0.2) is 40.7 Å². The van der Waals surface area contributed by atoms with E-state index in [-0.39, 0.29) is 11.7 Å². The molecule has 0 saturated carbocycles. The lowest BCUT2D eigenvalue weighted by Gasteiger charge is -2.35. The van der Waals surface area contributed by atoms with Crippen LogP contribution in [0.3, 0.4) is 0 Å². The lowest BCUT2D eigenvalue weighted by atomic mass is 10.1. The van der Waals surface area contributed by atoms with Gasteiger partial charge in [-0.2, -0.15) is 0 Å². The molecular formula is C19H23FN6O2. The first-order valence-electron chi connectivity index (χ1n) is 9.27. The van der Waals surface area contributed by atoms with Crippen molar-refractivity contribution < 1.29 is 14.0 Å². The van der Waals surface area contributed by atoms with E-state index in [0.29, 0.717) is 19.0 Å². The molecule has 1 fully saturated rings. The average molecular weight is 386 g/mol. The molecule has 0 aliphatic carbocycles. The maximum absolute atomic E-state index is 13.0. The fraction of sp³-hybridized carbons (Fsp3) is 0.421. The van der Waals surface area contributed by atoms with Crippen molar-refractivity contribution in [3.63, 3.8) is 0 Å². The lowest BCUT2D eigenvalue weighted by Crippen LogP contribution is -2.63. The normalized spacial score (nSPS) is 23.7. The number of rotatable bonds is 5. The zero-order chi connectivity index (χ0) is 20.0. The number of nitrogens with zero attached hydrogens (tertiary/aromatic N) is 4. The molecule has 3 heterocycles. The average Bonchev–Trinajstić information content (AvgIpc) is 3.16. The highest BCUT2D eigenvalue weighted by molar-refractivity contribution is 6.05. The Morgan fingerprint density at radius 1 is 1.18 bits per heavy atom. The third-order valence-electron chi connectivity index (χ3n) is 5.50. The van der Waals surface area contributed by atoms with Crippen molar-refractivity contribution in [2.75, 3.05) is 25.5 Å². The Bertz CT molecular complexity index is 881. The van der Waals surface area contributed by atoms with E-state index in [0.717, 1.165) is 23.5 Å². The number of hydrogen-bond acceptors (Lipinski definition) is 6. The minimum absolute atomic E-state index is 0.257. The van der Waals surface area contributed by atoms with Crippen LogP contribution >= 0.6 is 0 Å². The maximum Gasteiger partial charge on any atom is 0.325 e. The Hall–Kier alpha value is -3.10. The number of imide groups is 1. The van der Waals surface area contributed by atoms with E-state index >= 15 is 0 Å². The van der Waals surface area contributed by atoms with Gasteiger partial charge in [-0.25, -0.2) is 14.2 Å². The summed E-state index contributed by atoms with van der Waals surface area (Å²) in [7, 11) is 1.65. The smallest absolute Gasteiger partial charge is 0.325 e. The van der Waals surface area contributed by atoms with E-state index < -0.39 is 18.2 Å². The van der Waals surface area contributed by atoms with Gasteiger partial charge in [-0.05, 0) is 44.5 Å². The Kier molecular flexibility index (Phi) is 4.44. The topological polar surface area (TPSA) is 80.3 Å². The van der Waals surface area contributed by atoms with Gasteiger partial charge in [-0.15, -0.1) is 0 Å². The van der Waals surface area contributed by atoms with Crippen LogP contribution in [0.1, 0.15) is 20.3 Å². The van der Waals surface area contributed by atoms with Crippen LogP contribution < -0.4 is 10.6 Å². The number of likely N-dealkylation sites (N-methyl/N-ethyl adjacent to an activating group) is 1. The van der Waals surface area contributed by atoms with Gasteiger partial charge in [0, 0.05) is 37.2 Å². The third kappa shape index (κ3) is 2.87. The fourth-order valence-electron chi connectivity index (χ4n) is 3.83. The molecule has 1 aromatic carbocycles.